The quantitative estimate of drug-likeness (QED) is 0.176. The average Bonchev–Trinajstić information content (AvgIpc) is 3.01. The highest BCUT2D eigenvalue weighted by Crippen LogP contribution is 2.27. The van der Waals surface area contributed by atoms with Crippen LogP contribution in [0.4, 0.5) is 5.69 Å². The van der Waals surface area contributed by atoms with E-state index in [2.05, 4.69) is 19.2 Å². The number of aryl methyl sites for hydroxylation is 2. The minimum Gasteiger partial charge on any atom is -0.350 e. The Bertz CT molecular complexity index is 1760. The molecule has 4 aromatic carbocycles. The first kappa shape index (κ1) is 35.4. The maximum atomic E-state index is 14.7. The van der Waals surface area contributed by atoms with Crippen LogP contribution in [0.25, 0.3) is 0 Å². The van der Waals surface area contributed by atoms with Crippen molar-refractivity contribution in [3.8, 4) is 0 Å². The minimum absolute atomic E-state index is 0.0837. The van der Waals surface area contributed by atoms with Crippen molar-refractivity contribution in [2.45, 2.75) is 83.8 Å². The summed E-state index contributed by atoms with van der Waals surface area (Å²) in [6.45, 7) is 13.3. The van der Waals surface area contributed by atoms with Gasteiger partial charge in [0.2, 0.25) is 11.8 Å². The molecule has 0 radical (unpaired) electrons. The summed E-state index contributed by atoms with van der Waals surface area (Å²) in [4.78, 5) is 30.3. The molecule has 0 aliphatic rings. The molecule has 0 fully saturated rings. The normalized spacial score (nSPS) is 12.4. The van der Waals surface area contributed by atoms with Gasteiger partial charge in [0.05, 0.1) is 10.6 Å². The molecule has 4 aromatic rings. The number of carbonyl (C=O) groups is 2. The fraction of sp³-hybridized carbons (Fsp3) is 0.333. The highest BCUT2D eigenvalue weighted by molar-refractivity contribution is 7.92. The monoisotopic (exact) mass is 653 g/mol. The first-order valence-electron chi connectivity index (χ1n) is 16.0. The van der Waals surface area contributed by atoms with E-state index in [4.69, 9.17) is 0 Å². The molecule has 2 amide bonds. The molecule has 0 aromatic heterocycles. The van der Waals surface area contributed by atoms with Crippen molar-refractivity contribution in [3.05, 3.63) is 131 Å². The molecule has 1 unspecified atom stereocenters. The third-order valence-corrected chi connectivity index (χ3v) is 9.73. The lowest BCUT2D eigenvalue weighted by atomic mass is 10.0. The number of benzene rings is 4. The Morgan fingerprint density at radius 1 is 0.766 bits per heavy atom. The highest BCUT2D eigenvalue weighted by atomic mass is 32.2. The van der Waals surface area contributed by atoms with Crippen LogP contribution in [-0.2, 0) is 32.6 Å². The Kier molecular flexibility index (Phi) is 11.3. The first-order valence-corrected chi connectivity index (χ1v) is 17.5. The van der Waals surface area contributed by atoms with E-state index in [1.165, 1.54) is 4.90 Å². The molecule has 0 heterocycles. The second kappa shape index (κ2) is 15.0. The third kappa shape index (κ3) is 9.55. The first-order chi connectivity index (χ1) is 22.1. The van der Waals surface area contributed by atoms with Gasteiger partial charge in [-0.25, -0.2) is 8.42 Å². The van der Waals surface area contributed by atoms with Gasteiger partial charge < -0.3 is 10.2 Å². The largest absolute Gasteiger partial charge is 0.350 e. The van der Waals surface area contributed by atoms with E-state index in [1.54, 1.807) is 36.4 Å². The van der Waals surface area contributed by atoms with E-state index in [9.17, 15) is 18.0 Å². The maximum Gasteiger partial charge on any atom is 0.264 e. The summed E-state index contributed by atoms with van der Waals surface area (Å²) in [7, 11) is -4.16. The second-order valence-corrected chi connectivity index (χ2v) is 15.4. The Hall–Kier alpha value is -4.43. The van der Waals surface area contributed by atoms with Crippen LogP contribution in [0.3, 0.4) is 0 Å². The number of amides is 2. The minimum atomic E-state index is -4.16. The number of hydrogen-bond acceptors (Lipinski definition) is 4. The van der Waals surface area contributed by atoms with E-state index >= 15 is 0 Å². The zero-order valence-corrected chi connectivity index (χ0v) is 29.3. The molecule has 7 nitrogen and oxygen atoms in total. The van der Waals surface area contributed by atoms with Gasteiger partial charge in [-0.1, -0.05) is 104 Å². The molecular weight excluding hydrogens is 607 g/mol. The van der Waals surface area contributed by atoms with E-state index in [-0.39, 0.29) is 29.7 Å². The number of carbonyl (C=O) groups excluding carboxylic acids is 2. The summed E-state index contributed by atoms with van der Waals surface area (Å²) < 4.78 is 29.7. The van der Waals surface area contributed by atoms with Crippen LogP contribution in [0.2, 0.25) is 0 Å². The molecule has 8 heteroatoms. The van der Waals surface area contributed by atoms with Gasteiger partial charge in [-0.2, -0.15) is 0 Å². The number of sulfonamides is 1. The molecule has 1 N–H and O–H groups in total. The Balaban J connectivity index is 1.83. The lowest BCUT2D eigenvalue weighted by Crippen LogP contribution is -2.56. The van der Waals surface area contributed by atoms with Crippen LogP contribution >= 0.6 is 0 Å². The standard InChI is InChI=1S/C39H47N3O4S/c1-28(2)33-18-20-34(21-19-33)42(47(45,46)35-22-16-29(3)17-23-35)27-37(43)41(26-32-15-11-12-30(4)24-32)36(38(44)40-39(5,6)7)25-31-13-9-8-10-14-31/h8-24,28,36H,25-27H2,1-7H3,(H,40,44). The van der Waals surface area contributed by atoms with Crippen LogP contribution in [0.5, 0.6) is 0 Å². The number of anilines is 1. The van der Waals surface area contributed by atoms with E-state index in [0.717, 1.165) is 32.1 Å². The van der Waals surface area contributed by atoms with E-state index in [0.29, 0.717) is 5.69 Å². The van der Waals surface area contributed by atoms with Crippen molar-refractivity contribution in [2.75, 3.05) is 10.8 Å². The predicted octanol–water partition coefficient (Wildman–Crippen LogP) is 7.18. The van der Waals surface area contributed by atoms with Gasteiger partial charge in [0.25, 0.3) is 10.0 Å². The van der Waals surface area contributed by atoms with Crippen molar-refractivity contribution in [1.29, 1.82) is 0 Å². The fourth-order valence-corrected chi connectivity index (χ4v) is 6.82. The van der Waals surface area contributed by atoms with E-state index in [1.807, 2.05) is 101 Å². The average molecular weight is 654 g/mol. The highest BCUT2D eigenvalue weighted by Gasteiger charge is 2.35. The van der Waals surface area contributed by atoms with Crippen LogP contribution in [0.1, 0.15) is 68.4 Å². The smallest absolute Gasteiger partial charge is 0.264 e. The Morgan fingerprint density at radius 2 is 1.38 bits per heavy atom. The van der Waals surface area contributed by atoms with Crippen molar-refractivity contribution >= 4 is 27.5 Å². The molecule has 4 rings (SSSR count). The molecule has 47 heavy (non-hydrogen) atoms. The molecule has 248 valence electrons. The summed E-state index contributed by atoms with van der Waals surface area (Å²) in [6, 6.07) is 30.3. The van der Waals surface area contributed by atoms with Crippen LogP contribution < -0.4 is 9.62 Å². The molecule has 0 aliphatic carbocycles. The predicted molar refractivity (Wildman–Crippen MR) is 190 cm³/mol. The van der Waals surface area contributed by atoms with Crippen molar-refractivity contribution < 1.29 is 18.0 Å². The summed E-state index contributed by atoms with van der Waals surface area (Å²) in [6.07, 6.45) is 0.258. The number of nitrogens with zero attached hydrogens (tertiary/aromatic N) is 2. The van der Waals surface area contributed by atoms with Crippen LogP contribution in [0, 0.1) is 13.8 Å². The summed E-state index contributed by atoms with van der Waals surface area (Å²) in [5.41, 5.74) is 4.54. The summed E-state index contributed by atoms with van der Waals surface area (Å²) in [5.74, 6) is -0.547. The Morgan fingerprint density at radius 3 is 1.96 bits per heavy atom. The van der Waals surface area contributed by atoms with Crippen LogP contribution in [0.15, 0.2) is 108 Å². The second-order valence-electron chi connectivity index (χ2n) is 13.5. The van der Waals surface area contributed by atoms with Gasteiger partial charge in [-0.3, -0.25) is 13.9 Å². The van der Waals surface area contributed by atoms with E-state index < -0.39 is 34.1 Å². The summed E-state index contributed by atoms with van der Waals surface area (Å²) >= 11 is 0. The van der Waals surface area contributed by atoms with Crippen LogP contribution in [-0.4, -0.2) is 43.3 Å². The van der Waals surface area contributed by atoms with Gasteiger partial charge in [0.1, 0.15) is 12.6 Å². The SMILES string of the molecule is Cc1ccc(S(=O)(=O)N(CC(=O)N(Cc2cccc(C)c2)C(Cc2ccccc2)C(=O)NC(C)(C)C)c2ccc(C(C)C)cc2)cc1. The number of hydrogen-bond donors (Lipinski definition) is 1. The van der Waals surface area contributed by atoms with Gasteiger partial charge >= 0.3 is 0 Å². The number of nitrogens with one attached hydrogen (secondary N) is 1. The molecule has 0 bridgehead atoms. The third-order valence-electron chi connectivity index (χ3n) is 7.94. The lowest BCUT2D eigenvalue weighted by Gasteiger charge is -2.35. The lowest BCUT2D eigenvalue weighted by molar-refractivity contribution is -0.140. The van der Waals surface area contributed by atoms with Gasteiger partial charge in [0, 0.05) is 18.5 Å². The molecule has 0 saturated heterocycles. The van der Waals surface area contributed by atoms with Gasteiger partial charge in [0.15, 0.2) is 0 Å². The van der Waals surface area contributed by atoms with Crippen molar-refractivity contribution in [1.82, 2.24) is 10.2 Å². The summed E-state index contributed by atoms with van der Waals surface area (Å²) in [5, 5.41) is 3.07. The molecule has 0 aliphatic heterocycles. The number of rotatable bonds is 12. The maximum absolute atomic E-state index is 14.7. The molecule has 0 spiro atoms. The van der Waals surface area contributed by atoms with Crippen molar-refractivity contribution in [2.24, 2.45) is 0 Å². The zero-order chi connectivity index (χ0) is 34.4. The molecule has 1 atom stereocenters. The van der Waals surface area contributed by atoms with Gasteiger partial charge in [-0.15, -0.1) is 0 Å². The molecular formula is C39H47N3O4S. The topological polar surface area (TPSA) is 86.8 Å². The fourth-order valence-electron chi connectivity index (χ4n) is 5.41. The van der Waals surface area contributed by atoms with Gasteiger partial charge in [-0.05, 0) is 81.5 Å². The van der Waals surface area contributed by atoms with Crippen molar-refractivity contribution in [3.63, 3.8) is 0 Å². The Labute approximate surface area is 280 Å². The molecule has 0 saturated carbocycles. The zero-order valence-electron chi connectivity index (χ0n) is 28.5.